The molecule has 0 saturated heterocycles. The molecule has 0 fully saturated rings. The number of nitrogens with one attached hydrogen (secondary N) is 3. The molecule has 0 saturated carbocycles. The highest BCUT2D eigenvalue weighted by molar-refractivity contribution is 6.31. The van der Waals surface area contributed by atoms with Gasteiger partial charge in [0.1, 0.15) is 24.4 Å². The van der Waals surface area contributed by atoms with Crippen LogP contribution in [0, 0.1) is 13.8 Å². The van der Waals surface area contributed by atoms with Crippen LogP contribution in [0.2, 0.25) is 5.02 Å². The number of rotatable bonds is 16. The molecule has 0 spiro atoms. The molecule has 3 rings (SSSR count). The number of phenolic OH excluding ortho intramolecular Hbond substituents is 1. The maximum atomic E-state index is 13.4. The average molecular weight is 652 g/mol. The normalized spacial score (nSPS) is 12.8. The fourth-order valence-corrected chi connectivity index (χ4v) is 5.16. The Morgan fingerprint density at radius 1 is 0.870 bits per heavy atom. The summed E-state index contributed by atoms with van der Waals surface area (Å²) >= 11 is 6.10. The fourth-order valence-electron chi connectivity index (χ4n) is 4.97. The topological polar surface area (TPSA) is 186 Å². The van der Waals surface area contributed by atoms with Crippen LogP contribution in [-0.2, 0) is 38.6 Å². The van der Waals surface area contributed by atoms with Crippen LogP contribution < -0.4 is 27.4 Å². The number of amides is 4. The molecule has 0 heterocycles. The van der Waals surface area contributed by atoms with Crippen molar-refractivity contribution in [1.82, 2.24) is 16.0 Å². The van der Waals surface area contributed by atoms with E-state index in [1.807, 2.05) is 44.2 Å². The number of alkyl carbamates (subject to hydrolysis) is 1. The van der Waals surface area contributed by atoms with Gasteiger partial charge in [-0.2, -0.15) is 0 Å². The van der Waals surface area contributed by atoms with Gasteiger partial charge >= 0.3 is 6.09 Å². The van der Waals surface area contributed by atoms with Crippen molar-refractivity contribution in [2.45, 2.75) is 70.7 Å². The first-order valence-electron chi connectivity index (χ1n) is 15.1. The van der Waals surface area contributed by atoms with Gasteiger partial charge in [-0.25, -0.2) is 4.79 Å². The van der Waals surface area contributed by atoms with Crippen LogP contribution in [-0.4, -0.2) is 53.6 Å². The number of aromatic hydroxyl groups is 1. The number of carbonyl (C=O) groups excluding carboxylic acids is 4. The van der Waals surface area contributed by atoms with Crippen LogP contribution in [0.4, 0.5) is 4.79 Å². The molecule has 4 amide bonds. The number of primary amides is 1. The molecule has 0 bridgehead atoms. The van der Waals surface area contributed by atoms with E-state index in [1.165, 1.54) is 0 Å². The molecule has 12 heteroatoms. The lowest BCUT2D eigenvalue weighted by atomic mass is 9.95. The number of ether oxygens (including phenoxy) is 1. The smallest absolute Gasteiger partial charge is 0.407 e. The maximum Gasteiger partial charge on any atom is 0.407 e. The van der Waals surface area contributed by atoms with E-state index in [0.717, 1.165) is 22.3 Å². The zero-order chi connectivity index (χ0) is 33.6. The minimum Gasteiger partial charge on any atom is -0.508 e. The predicted molar refractivity (Wildman–Crippen MR) is 176 cm³/mol. The molecule has 0 aliphatic heterocycles. The largest absolute Gasteiger partial charge is 0.508 e. The summed E-state index contributed by atoms with van der Waals surface area (Å²) in [4.78, 5) is 51.0. The lowest BCUT2D eigenvalue weighted by molar-refractivity contribution is -0.131. The van der Waals surface area contributed by atoms with Crippen molar-refractivity contribution in [3.8, 4) is 5.75 Å². The minimum atomic E-state index is -1.02. The summed E-state index contributed by atoms with van der Waals surface area (Å²) in [5, 5.41) is 18.4. The van der Waals surface area contributed by atoms with Gasteiger partial charge < -0.3 is 37.3 Å². The van der Waals surface area contributed by atoms with Gasteiger partial charge in [0, 0.05) is 23.6 Å². The van der Waals surface area contributed by atoms with Crippen LogP contribution in [0.15, 0.2) is 66.7 Å². The van der Waals surface area contributed by atoms with Crippen LogP contribution in [0.5, 0.6) is 5.75 Å². The van der Waals surface area contributed by atoms with Crippen molar-refractivity contribution < 1.29 is 29.0 Å². The number of unbranched alkanes of at least 4 members (excludes halogenated alkanes) is 1. The molecular formula is C34H42ClN5O6. The monoisotopic (exact) mass is 651 g/mol. The van der Waals surface area contributed by atoms with Crippen molar-refractivity contribution in [2.24, 2.45) is 11.5 Å². The molecule has 0 aromatic heterocycles. The van der Waals surface area contributed by atoms with E-state index in [-0.39, 0.29) is 38.2 Å². The van der Waals surface area contributed by atoms with Crippen LogP contribution in [0.1, 0.15) is 47.1 Å². The van der Waals surface area contributed by atoms with E-state index in [2.05, 4.69) is 16.0 Å². The van der Waals surface area contributed by atoms with E-state index in [0.29, 0.717) is 23.4 Å². The molecule has 11 nitrogen and oxygen atoms in total. The number of hydrogen-bond acceptors (Lipinski definition) is 7. The highest BCUT2D eigenvalue weighted by Gasteiger charge is 2.28. The summed E-state index contributed by atoms with van der Waals surface area (Å²) < 4.78 is 5.21. The average Bonchev–Trinajstić information content (AvgIpc) is 3.01. The lowest BCUT2D eigenvalue weighted by Gasteiger charge is -2.24. The Bertz CT molecular complexity index is 1480. The number of halogens is 1. The van der Waals surface area contributed by atoms with Gasteiger partial charge in [0.05, 0.1) is 6.04 Å². The van der Waals surface area contributed by atoms with Crippen molar-refractivity contribution in [3.05, 3.63) is 99.6 Å². The maximum absolute atomic E-state index is 13.4. The molecule has 3 aromatic rings. The van der Waals surface area contributed by atoms with Crippen molar-refractivity contribution in [3.63, 3.8) is 0 Å². The second-order valence-electron chi connectivity index (χ2n) is 11.2. The number of phenols is 1. The van der Waals surface area contributed by atoms with Gasteiger partial charge in [0.15, 0.2) is 0 Å². The molecule has 46 heavy (non-hydrogen) atoms. The molecule has 3 aromatic carbocycles. The second kappa shape index (κ2) is 17.8. The first-order chi connectivity index (χ1) is 21.9. The molecule has 0 aliphatic rings. The summed E-state index contributed by atoms with van der Waals surface area (Å²) in [7, 11) is 0. The summed E-state index contributed by atoms with van der Waals surface area (Å²) in [6.45, 7) is 3.92. The first-order valence-corrected chi connectivity index (χ1v) is 15.4. The van der Waals surface area contributed by atoms with Crippen molar-refractivity contribution in [1.29, 1.82) is 0 Å². The molecule has 0 aliphatic carbocycles. The van der Waals surface area contributed by atoms with E-state index >= 15 is 0 Å². The molecule has 246 valence electrons. The zero-order valence-corrected chi connectivity index (χ0v) is 26.8. The number of aryl methyl sites for hydroxylation is 2. The number of nitrogens with two attached hydrogens (primary N) is 2. The molecule has 3 atom stereocenters. The third-order valence-electron chi connectivity index (χ3n) is 7.52. The second-order valence-corrected chi connectivity index (χ2v) is 11.6. The fraction of sp³-hybridized carbons (Fsp3) is 0.353. The highest BCUT2D eigenvalue weighted by Crippen LogP contribution is 2.22. The van der Waals surface area contributed by atoms with Gasteiger partial charge in [-0.15, -0.1) is 0 Å². The van der Waals surface area contributed by atoms with Gasteiger partial charge in [-0.1, -0.05) is 60.1 Å². The Labute approximate surface area is 274 Å². The number of hydrogen-bond donors (Lipinski definition) is 6. The molecule has 0 unspecified atom stereocenters. The Hall–Kier alpha value is -4.61. The zero-order valence-electron chi connectivity index (χ0n) is 26.1. The third kappa shape index (κ3) is 11.4. The van der Waals surface area contributed by atoms with Gasteiger partial charge in [-0.05, 0) is 80.0 Å². The highest BCUT2D eigenvalue weighted by atomic mass is 35.5. The SMILES string of the molecule is Cc1cc(O)cc(C)c1C[C@H](N)C(=O)N[C@@H](CCCCNC(=O)OCc1ccccc1Cl)C(=O)N[C@@H](Cc1ccccc1)C(N)=O. The van der Waals surface area contributed by atoms with E-state index in [9.17, 15) is 24.3 Å². The first kappa shape index (κ1) is 35.9. The molecule has 0 radical (unpaired) electrons. The quantitative estimate of drug-likeness (QED) is 0.128. The standard InChI is InChI=1S/C34H42ClN5O6/c1-21-16-25(41)17-22(2)26(21)19-28(36)32(43)39-29(33(44)40-30(31(37)42)18-23-10-4-3-5-11-23)14-8-9-15-38-34(45)46-20-24-12-6-7-13-27(24)35/h3-7,10-13,16-17,28-30,41H,8-9,14-15,18-20,36H2,1-2H3,(H2,37,42)(H,38,45)(H,39,43)(H,40,44)/t28-,29-,30-/m0/s1. The van der Waals surface area contributed by atoms with E-state index in [1.54, 1.807) is 36.4 Å². The lowest BCUT2D eigenvalue weighted by Crippen LogP contribution is -2.56. The summed E-state index contributed by atoms with van der Waals surface area (Å²) in [6.07, 6.45) is 0.877. The molecular weight excluding hydrogens is 610 g/mol. The number of carbonyl (C=O) groups is 4. The summed E-state index contributed by atoms with van der Waals surface area (Å²) in [5.41, 5.74) is 15.8. The predicted octanol–water partition coefficient (Wildman–Crippen LogP) is 3.33. The van der Waals surface area contributed by atoms with Crippen LogP contribution >= 0.6 is 11.6 Å². The Morgan fingerprint density at radius 2 is 1.50 bits per heavy atom. The van der Waals surface area contributed by atoms with Gasteiger partial charge in [0.25, 0.3) is 0 Å². The Balaban J connectivity index is 1.61. The van der Waals surface area contributed by atoms with Crippen LogP contribution in [0.3, 0.4) is 0 Å². The number of benzene rings is 3. The molecule has 8 N–H and O–H groups in total. The van der Waals surface area contributed by atoms with Gasteiger partial charge in [-0.3, -0.25) is 14.4 Å². The van der Waals surface area contributed by atoms with E-state index < -0.39 is 41.9 Å². The Kier molecular flexibility index (Phi) is 13.9. The van der Waals surface area contributed by atoms with E-state index in [4.69, 9.17) is 27.8 Å². The Morgan fingerprint density at radius 3 is 2.15 bits per heavy atom. The van der Waals surface area contributed by atoms with Crippen molar-refractivity contribution >= 4 is 35.4 Å². The third-order valence-corrected chi connectivity index (χ3v) is 7.89. The summed E-state index contributed by atoms with van der Waals surface area (Å²) in [5.74, 6) is -1.72. The minimum absolute atomic E-state index is 0.0211. The van der Waals surface area contributed by atoms with Crippen molar-refractivity contribution in [2.75, 3.05) is 6.54 Å². The summed E-state index contributed by atoms with van der Waals surface area (Å²) in [6, 6.07) is 16.3. The van der Waals surface area contributed by atoms with Gasteiger partial charge in [0.2, 0.25) is 17.7 Å². The van der Waals surface area contributed by atoms with Crippen LogP contribution in [0.25, 0.3) is 0 Å².